The van der Waals surface area contributed by atoms with Crippen LogP contribution in [0.4, 0.5) is 11.4 Å². The summed E-state index contributed by atoms with van der Waals surface area (Å²) in [6.45, 7) is 6.45. The number of anilines is 2. The normalized spacial score (nSPS) is 13.8. The Bertz CT molecular complexity index is 931. The molecule has 3 N–H and O–H groups in total. The molecule has 0 radical (unpaired) electrons. The van der Waals surface area contributed by atoms with E-state index >= 15 is 0 Å². The van der Waals surface area contributed by atoms with Crippen molar-refractivity contribution in [1.29, 1.82) is 0 Å². The molecule has 0 aliphatic carbocycles. The predicted octanol–water partition coefficient (Wildman–Crippen LogP) is 6.49. The second-order valence-electron chi connectivity index (χ2n) is 7.35. The van der Waals surface area contributed by atoms with E-state index in [9.17, 15) is 0 Å². The van der Waals surface area contributed by atoms with Crippen LogP contribution in [0.5, 0.6) is 0 Å². The molecule has 0 spiro atoms. The maximum Gasteiger partial charge on any atom is 0.111 e. The molecule has 2 heterocycles. The van der Waals surface area contributed by atoms with Crippen molar-refractivity contribution in [2.45, 2.75) is 36.6 Å². The molecule has 1 aliphatic rings. The summed E-state index contributed by atoms with van der Waals surface area (Å²) in [5.41, 5.74) is 10.8. The standard InChI is InChI=1S/C20H21N3S2.ClH/c1-20(2,3)18(21)19-23-15(11-24-19)12-8-9-17-14(10-12)22-13-6-4-5-7-16(13)25-17;/h4-11,18,22H,21H2,1-3H3;1H. The second kappa shape index (κ2) is 7.24. The van der Waals surface area contributed by atoms with Crippen LogP contribution in [0, 0.1) is 5.41 Å². The van der Waals surface area contributed by atoms with Crippen LogP contribution in [-0.2, 0) is 0 Å². The minimum atomic E-state index is -0.0514. The van der Waals surface area contributed by atoms with Gasteiger partial charge in [0.15, 0.2) is 0 Å². The van der Waals surface area contributed by atoms with Gasteiger partial charge in [-0.15, -0.1) is 23.7 Å². The zero-order chi connectivity index (χ0) is 17.6. The number of nitrogens with zero attached hydrogens (tertiary/aromatic N) is 1. The maximum atomic E-state index is 6.36. The number of thiazole rings is 1. The fourth-order valence-corrected chi connectivity index (χ4v) is 4.77. The van der Waals surface area contributed by atoms with E-state index in [-0.39, 0.29) is 23.9 Å². The molecular weight excluding hydrogens is 382 g/mol. The van der Waals surface area contributed by atoms with E-state index in [1.165, 1.54) is 9.79 Å². The van der Waals surface area contributed by atoms with Gasteiger partial charge in [0.1, 0.15) is 5.01 Å². The van der Waals surface area contributed by atoms with Gasteiger partial charge in [-0.1, -0.05) is 50.7 Å². The van der Waals surface area contributed by atoms with E-state index in [2.05, 4.69) is 73.9 Å². The quantitative estimate of drug-likeness (QED) is 0.401. The van der Waals surface area contributed by atoms with Crippen LogP contribution in [0.2, 0.25) is 0 Å². The van der Waals surface area contributed by atoms with E-state index in [1.807, 2.05) is 0 Å². The molecule has 0 fully saturated rings. The fourth-order valence-electron chi connectivity index (χ4n) is 2.73. The highest BCUT2D eigenvalue weighted by Crippen LogP contribution is 2.45. The van der Waals surface area contributed by atoms with E-state index in [0.29, 0.717) is 0 Å². The number of fused-ring (bicyclic) bond motifs is 2. The van der Waals surface area contributed by atoms with Gasteiger partial charge in [0.25, 0.3) is 0 Å². The van der Waals surface area contributed by atoms with E-state index in [1.54, 1.807) is 23.1 Å². The lowest BCUT2D eigenvalue weighted by Gasteiger charge is -2.24. The number of aromatic nitrogens is 1. The zero-order valence-electron chi connectivity index (χ0n) is 14.9. The average molecular weight is 404 g/mol. The number of nitrogens with two attached hydrogens (primary N) is 1. The summed E-state index contributed by atoms with van der Waals surface area (Å²) in [5, 5.41) is 6.63. The van der Waals surface area contributed by atoms with Crippen molar-refractivity contribution in [1.82, 2.24) is 4.98 Å². The van der Waals surface area contributed by atoms with Crippen molar-refractivity contribution in [3.63, 3.8) is 0 Å². The van der Waals surface area contributed by atoms with Crippen molar-refractivity contribution in [3.05, 3.63) is 52.9 Å². The third-order valence-corrected chi connectivity index (χ3v) is 6.45. The number of hydrogen-bond donors (Lipinski definition) is 2. The number of benzene rings is 2. The molecule has 26 heavy (non-hydrogen) atoms. The molecule has 0 saturated carbocycles. The highest BCUT2D eigenvalue weighted by molar-refractivity contribution is 7.99. The molecule has 0 saturated heterocycles. The summed E-state index contributed by atoms with van der Waals surface area (Å²) in [6, 6.07) is 14.8. The summed E-state index contributed by atoms with van der Waals surface area (Å²) < 4.78 is 0. The topological polar surface area (TPSA) is 50.9 Å². The Morgan fingerprint density at radius 1 is 1.04 bits per heavy atom. The lowest BCUT2D eigenvalue weighted by Crippen LogP contribution is -2.26. The van der Waals surface area contributed by atoms with Gasteiger partial charge >= 0.3 is 0 Å². The molecule has 1 aliphatic heterocycles. The van der Waals surface area contributed by atoms with Gasteiger partial charge in [0.05, 0.1) is 23.1 Å². The van der Waals surface area contributed by atoms with E-state index in [4.69, 9.17) is 10.7 Å². The summed E-state index contributed by atoms with van der Waals surface area (Å²) in [5.74, 6) is 0. The fraction of sp³-hybridized carbons (Fsp3) is 0.250. The van der Waals surface area contributed by atoms with Crippen molar-refractivity contribution in [3.8, 4) is 11.3 Å². The monoisotopic (exact) mass is 403 g/mol. The minimum Gasteiger partial charge on any atom is -0.354 e. The Morgan fingerprint density at radius 3 is 2.54 bits per heavy atom. The van der Waals surface area contributed by atoms with Crippen LogP contribution in [0.15, 0.2) is 57.6 Å². The summed E-state index contributed by atoms with van der Waals surface area (Å²) in [6.07, 6.45) is 0. The third-order valence-electron chi connectivity index (χ3n) is 4.37. The van der Waals surface area contributed by atoms with Gasteiger partial charge in [0.2, 0.25) is 0 Å². The van der Waals surface area contributed by atoms with E-state index in [0.717, 1.165) is 27.6 Å². The molecule has 1 atom stereocenters. The van der Waals surface area contributed by atoms with Crippen LogP contribution in [0.1, 0.15) is 31.8 Å². The Kier molecular flexibility index (Phi) is 5.35. The summed E-state index contributed by atoms with van der Waals surface area (Å²) >= 11 is 3.44. The van der Waals surface area contributed by atoms with E-state index < -0.39 is 0 Å². The number of nitrogens with one attached hydrogen (secondary N) is 1. The SMILES string of the molecule is CC(C)(C)C(N)c1nc(-c2ccc3c(c2)Nc2ccccc2S3)cs1.Cl. The van der Waals surface area contributed by atoms with Crippen molar-refractivity contribution in [2.75, 3.05) is 5.32 Å². The highest BCUT2D eigenvalue weighted by atomic mass is 35.5. The number of halogens is 1. The molecule has 136 valence electrons. The summed E-state index contributed by atoms with van der Waals surface area (Å²) in [4.78, 5) is 7.30. The smallest absolute Gasteiger partial charge is 0.111 e. The van der Waals surface area contributed by atoms with Crippen LogP contribution >= 0.6 is 35.5 Å². The lowest BCUT2D eigenvalue weighted by molar-refractivity contribution is 0.326. The number of rotatable bonds is 2. The zero-order valence-corrected chi connectivity index (χ0v) is 17.4. The molecule has 1 aromatic heterocycles. The predicted molar refractivity (Wildman–Crippen MR) is 115 cm³/mol. The average Bonchev–Trinajstić information content (AvgIpc) is 3.07. The molecule has 1 unspecified atom stereocenters. The maximum absolute atomic E-state index is 6.36. The molecule has 3 aromatic rings. The molecular formula is C20H22ClN3S2. The first kappa shape index (κ1) is 19.2. The van der Waals surface area contributed by atoms with Gasteiger partial charge < -0.3 is 11.1 Å². The molecule has 0 bridgehead atoms. The van der Waals surface area contributed by atoms with Gasteiger partial charge in [-0.3, -0.25) is 0 Å². The Labute approximate surface area is 168 Å². The lowest BCUT2D eigenvalue weighted by atomic mass is 9.88. The Balaban J connectivity index is 0.00000196. The Morgan fingerprint density at radius 2 is 1.77 bits per heavy atom. The Hall–Kier alpha value is -1.53. The van der Waals surface area contributed by atoms with Gasteiger partial charge in [-0.2, -0.15) is 0 Å². The first-order valence-electron chi connectivity index (χ1n) is 8.31. The van der Waals surface area contributed by atoms with Crippen molar-refractivity contribution in [2.24, 2.45) is 11.1 Å². The first-order valence-corrected chi connectivity index (χ1v) is 10.0. The number of hydrogen-bond acceptors (Lipinski definition) is 5. The molecule has 4 rings (SSSR count). The van der Waals surface area contributed by atoms with Gasteiger partial charge in [0, 0.05) is 20.7 Å². The van der Waals surface area contributed by atoms with Crippen LogP contribution in [-0.4, -0.2) is 4.98 Å². The van der Waals surface area contributed by atoms with Crippen LogP contribution < -0.4 is 11.1 Å². The largest absolute Gasteiger partial charge is 0.354 e. The molecule has 2 aromatic carbocycles. The van der Waals surface area contributed by atoms with Crippen molar-refractivity contribution >= 4 is 46.9 Å². The second-order valence-corrected chi connectivity index (χ2v) is 9.32. The van der Waals surface area contributed by atoms with Gasteiger partial charge in [-0.25, -0.2) is 4.98 Å². The number of para-hydroxylation sites is 1. The molecule has 6 heteroatoms. The first-order chi connectivity index (χ1) is 11.9. The van der Waals surface area contributed by atoms with Crippen molar-refractivity contribution < 1.29 is 0 Å². The minimum absolute atomic E-state index is 0. The highest BCUT2D eigenvalue weighted by Gasteiger charge is 2.25. The molecule has 0 amide bonds. The van der Waals surface area contributed by atoms with Crippen LogP contribution in [0.25, 0.3) is 11.3 Å². The summed E-state index contributed by atoms with van der Waals surface area (Å²) in [7, 11) is 0. The third kappa shape index (κ3) is 3.62. The molecule has 3 nitrogen and oxygen atoms in total. The van der Waals surface area contributed by atoms with Crippen LogP contribution in [0.3, 0.4) is 0 Å². The van der Waals surface area contributed by atoms with Gasteiger partial charge in [-0.05, 0) is 29.7 Å².